The number of thioether (sulfide) groups is 1. The molecule has 1 N–H and O–H groups in total. The van der Waals surface area contributed by atoms with E-state index in [1.54, 1.807) is 29.0 Å². The lowest BCUT2D eigenvalue weighted by molar-refractivity contribution is -0.125. The zero-order valence-electron chi connectivity index (χ0n) is 11.5. The summed E-state index contributed by atoms with van der Waals surface area (Å²) in [6.45, 7) is 2.70. The summed E-state index contributed by atoms with van der Waals surface area (Å²) in [5.74, 6) is 0.463. The Balaban J connectivity index is 1.69. The molecule has 1 atom stereocenters. The number of carbonyl (C=O) groups excluding carboxylic acids is 1. The number of thiophene rings is 1. The summed E-state index contributed by atoms with van der Waals surface area (Å²) in [6, 6.07) is 3.96. The topological polar surface area (TPSA) is 64.0 Å². The maximum absolute atomic E-state index is 12.2. The molecule has 2 aromatic heterocycles. The van der Waals surface area contributed by atoms with Gasteiger partial charge in [0.25, 0.3) is 5.56 Å². The lowest BCUT2D eigenvalue weighted by atomic mass is 10.1. The van der Waals surface area contributed by atoms with Crippen LogP contribution in [0.25, 0.3) is 0 Å². The quantitative estimate of drug-likeness (QED) is 0.873. The second-order valence-corrected chi connectivity index (χ2v) is 6.96. The van der Waals surface area contributed by atoms with Gasteiger partial charge in [0, 0.05) is 28.9 Å². The highest BCUT2D eigenvalue weighted by Crippen LogP contribution is 2.25. The maximum Gasteiger partial charge on any atom is 0.257 e. The number of nitrogens with one attached hydrogen (secondary N) is 1. The third-order valence-electron chi connectivity index (χ3n) is 3.39. The molecule has 0 saturated carbocycles. The minimum absolute atomic E-state index is 0.00467. The van der Waals surface area contributed by atoms with Gasteiger partial charge in [0.15, 0.2) is 5.16 Å². The van der Waals surface area contributed by atoms with E-state index < -0.39 is 0 Å². The van der Waals surface area contributed by atoms with Crippen molar-refractivity contribution in [2.24, 2.45) is 5.92 Å². The van der Waals surface area contributed by atoms with Gasteiger partial charge in [-0.15, -0.1) is 11.3 Å². The van der Waals surface area contributed by atoms with Gasteiger partial charge in [-0.05, 0) is 18.4 Å². The molecule has 0 aromatic carbocycles. The van der Waals surface area contributed by atoms with Crippen molar-refractivity contribution in [1.29, 1.82) is 0 Å². The molecule has 110 valence electrons. The molecule has 0 fully saturated rings. The average molecular weight is 321 g/mol. The van der Waals surface area contributed by atoms with Crippen molar-refractivity contribution in [3.05, 3.63) is 44.5 Å². The molecular formula is C14H15N3O2S2. The molecule has 0 unspecified atom stereocenters. The van der Waals surface area contributed by atoms with Crippen LogP contribution in [0, 0.1) is 12.8 Å². The first-order valence-electron chi connectivity index (χ1n) is 6.64. The predicted molar refractivity (Wildman–Crippen MR) is 83.6 cm³/mol. The minimum Gasteiger partial charge on any atom is -0.351 e. The maximum atomic E-state index is 12.2. The SMILES string of the molecule is Cc1cnc2n(c1=O)C[C@@H](C(=O)NCc1cccs1)CS2. The highest BCUT2D eigenvalue weighted by molar-refractivity contribution is 7.99. The number of fused-ring (bicyclic) bond motifs is 1. The monoisotopic (exact) mass is 321 g/mol. The Morgan fingerprint density at radius 1 is 1.57 bits per heavy atom. The van der Waals surface area contributed by atoms with Gasteiger partial charge >= 0.3 is 0 Å². The summed E-state index contributed by atoms with van der Waals surface area (Å²) in [5.41, 5.74) is 0.558. The van der Waals surface area contributed by atoms with E-state index in [-0.39, 0.29) is 17.4 Å². The van der Waals surface area contributed by atoms with Crippen molar-refractivity contribution in [1.82, 2.24) is 14.9 Å². The Labute approximate surface area is 130 Å². The summed E-state index contributed by atoms with van der Waals surface area (Å²) < 4.78 is 1.61. The Morgan fingerprint density at radius 2 is 2.43 bits per heavy atom. The van der Waals surface area contributed by atoms with Crippen LogP contribution in [-0.4, -0.2) is 21.2 Å². The average Bonchev–Trinajstić information content (AvgIpc) is 3.02. The Bertz CT molecular complexity index is 710. The smallest absolute Gasteiger partial charge is 0.257 e. The van der Waals surface area contributed by atoms with Crippen molar-refractivity contribution in [3.63, 3.8) is 0 Å². The minimum atomic E-state index is -0.191. The highest BCUT2D eigenvalue weighted by atomic mass is 32.2. The van der Waals surface area contributed by atoms with Crippen LogP contribution in [0.4, 0.5) is 0 Å². The number of carbonyl (C=O) groups is 1. The van der Waals surface area contributed by atoms with Gasteiger partial charge < -0.3 is 5.32 Å². The number of nitrogens with zero attached hydrogens (tertiary/aromatic N) is 2. The molecule has 0 spiro atoms. The zero-order chi connectivity index (χ0) is 14.8. The number of aryl methyl sites for hydroxylation is 1. The number of rotatable bonds is 3. The van der Waals surface area contributed by atoms with Crippen LogP contribution in [0.15, 0.2) is 33.7 Å². The molecule has 1 aliphatic rings. The molecule has 7 heteroatoms. The molecule has 5 nitrogen and oxygen atoms in total. The molecule has 21 heavy (non-hydrogen) atoms. The van der Waals surface area contributed by atoms with Crippen molar-refractivity contribution in [2.75, 3.05) is 5.75 Å². The molecule has 3 rings (SSSR count). The molecular weight excluding hydrogens is 306 g/mol. The van der Waals surface area contributed by atoms with Crippen molar-refractivity contribution >= 4 is 29.0 Å². The predicted octanol–water partition coefficient (Wildman–Crippen LogP) is 1.65. The van der Waals surface area contributed by atoms with Crippen molar-refractivity contribution < 1.29 is 4.79 Å². The van der Waals surface area contributed by atoms with Gasteiger partial charge in [-0.25, -0.2) is 4.98 Å². The normalized spacial score (nSPS) is 17.3. The van der Waals surface area contributed by atoms with E-state index >= 15 is 0 Å². The lowest BCUT2D eigenvalue weighted by Gasteiger charge is -2.24. The van der Waals surface area contributed by atoms with Crippen LogP contribution in [0.3, 0.4) is 0 Å². The number of hydrogen-bond donors (Lipinski definition) is 1. The molecule has 0 bridgehead atoms. The molecule has 0 radical (unpaired) electrons. The Hall–Kier alpha value is -1.60. The first-order chi connectivity index (χ1) is 10.1. The van der Waals surface area contributed by atoms with Crippen LogP contribution in [-0.2, 0) is 17.9 Å². The van der Waals surface area contributed by atoms with E-state index in [1.807, 2.05) is 17.5 Å². The van der Waals surface area contributed by atoms with E-state index in [2.05, 4.69) is 10.3 Å². The van der Waals surface area contributed by atoms with Gasteiger partial charge in [-0.2, -0.15) is 0 Å². The first-order valence-corrected chi connectivity index (χ1v) is 8.51. The summed E-state index contributed by atoms with van der Waals surface area (Å²) in [5, 5.41) is 5.63. The third-order valence-corrected chi connectivity index (χ3v) is 5.42. The fraction of sp³-hybridized carbons (Fsp3) is 0.357. The largest absolute Gasteiger partial charge is 0.351 e. The summed E-state index contributed by atoms with van der Waals surface area (Å²) >= 11 is 3.08. The van der Waals surface area contributed by atoms with Crippen LogP contribution >= 0.6 is 23.1 Å². The van der Waals surface area contributed by atoms with E-state index in [9.17, 15) is 9.59 Å². The van der Waals surface area contributed by atoms with Crippen molar-refractivity contribution in [3.8, 4) is 0 Å². The zero-order valence-corrected chi connectivity index (χ0v) is 13.2. The number of hydrogen-bond acceptors (Lipinski definition) is 5. The second kappa shape index (κ2) is 6.03. The number of amides is 1. The molecule has 1 aliphatic heterocycles. The summed E-state index contributed by atoms with van der Waals surface area (Å²) in [6.07, 6.45) is 1.60. The van der Waals surface area contributed by atoms with E-state index in [1.165, 1.54) is 11.8 Å². The van der Waals surface area contributed by atoms with Gasteiger partial charge in [0.1, 0.15) is 0 Å². The molecule has 0 saturated heterocycles. The van der Waals surface area contributed by atoms with Gasteiger partial charge in [-0.1, -0.05) is 17.8 Å². The Morgan fingerprint density at radius 3 is 3.19 bits per heavy atom. The molecule has 2 aromatic rings. The lowest BCUT2D eigenvalue weighted by Crippen LogP contribution is -2.40. The van der Waals surface area contributed by atoms with Crippen LogP contribution in [0.5, 0.6) is 0 Å². The molecule has 0 aliphatic carbocycles. The standard InChI is InChI=1S/C14H15N3O2S2/c1-9-5-16-14-17(13(9)19)7-10(8-21-14)12(18)15-6-11-3-2-4-20-11/h2-5,10H,6-8H2,1H3,(H,15,18)/t10-/m1/s1. The Kier molecular flexibility index (Phi) is 4.12. The van der Waals surface area contributed by atoms with Crippen LogP contribution in [0.1, 0.15) is 10.4 Å². The third kappa shape index (κ3) is 3.03. The highest BCUT2D eigenvalue weighted by Gasteiger charge is 2.26. The fourth-order valence-corrected chi connectivity index (χ4v) is 3.88. The first kappa shape index (κ1) is 14.3. The van der Waals surface area contributed by atoms with Crippen molar-refractivity contribution in [2.45, 2.75) is 25.2 Å². The van der Waals surface area contributed by atoms with Gasteiger partial charge in [-0.3, -0.25) is 14.2 Å². The van der Waals surface area contributed by atoms with Gasteiger partial charge in [0.05, 0.1) is 12.5 Å². The van der Waals surface area contributed by atoms with Gasteiger partial charge in [0.2, 0.25) is 5.91 Å². The van der Waals surface area contributed by atoms with Crippen LogP contribution in [0.2, 0.25) is 0 Å². The molecule has 1 amide bonds. The second-order valence-electron chi connectivity index (χ2n) is 4.94. The summed E-state index contributed by atoms with van der Waals surface area (Å²) in [7, 11) is 0. The van der Waals surface area contributed by atoms with E-state index in [0.717, 1.165) is 4.88 Å². The molecule has 3 heterocycles. The van der Waals surface area contributed by atoms with E-state index in [4.69, 9.17) is 0 Å². The van der Waals surface area contributed by atoms with E-state index in [0.29, 0.717) is 29.6 Å². The fourth-order valence-electron chi connectivity index (χ4n) is 2.19. The number of aromatic nitrogens is 2. The van der Waals surface area contributed by atoms with Crippen LogP contribution < -0.4 is 10.9 Å². The summed E-state index contributed by atoms with van der Waals surface area (Å²) in [4.78, 5) is 29.7.